The summed E-state index contributed by atoms with van der Waals surface area (Å²) in [5, 5.41) is 1.49. The first-order valence-electron chi connectivity index (χ1n) is 9.64. The molecule has 1 saturated carbocycles. The van der Waals surface area contributed by atoms with Crippen molar-refractivity contribution in [3.8, 4) is 5.75 Å². The second kappa shape index (κ2) is 8.55. The van der Waals surface area contributed by atoms with Gasteiger partial charge in [0.05, 0.1) is 7.11 Å². The fourth-order valence-corrected chi connectivity index (χ4v) is 6.63. The van der Waals surface area contributed by atoms with E-state index in [4.69, 9.17) is 4.74 Å². The summed E-state index contributed by atoms with van der Waals surface area (Å²) in [4.78, 5) is 2.42. The standard InChI is InChI=1S/C23H32NOP/c1-16-14-19(15-17(2)23(16)25-5)26-21-13-9-12-20(21)22(24(3)4)18-10-7-6-8-11-18/h6-8,10-11,14-15,20-22,26H,9,12-13H2,1-5H3/t20?,21?,22-/m1/s1. The van der Waals surface area contributed by atoms with Gasteiger partial charge in [0.15, 0.2) is 0 Å². The first kappa shape index (κ1) is 19.4. The monoisotopic (exact) mass is 369 g/mol. The van der Waals surface area contributed by atoms with Gasteiger partial charge in [-0.15, -0.1) is 0 Å². The van der Waals surface area contributed by atoms with Gasteiger partial charge in [-0.05, 0) is 86.5 Å². The van der Waals surface area contributed by atoms with Crippen LogP contribution in [-0.2, 0) is 0 Å². The molecule has 2 aromatic rings. The minimum absolute atomic E-state index is 0.511. The van der Waals surface area contributed by atoms with Crippen LogP contribution < -0.4 is 10.0 Å². The Morgan fingerprint density at radius 2 is 1.69 bits per heavy atom. The SMILES string of the molecule is COc1c(C)cc(PC2CCCC2[C@@H](c2ccccc2)N(C)C)cc1C. The highest BCUT2D eigenvalue weighted by molar-refractivity contribution is 7.48. The first-order valence-corrected chi connectivity index (χ1v) is 10.7. The van der Waals surface area contributed by atoms with Crippen molar-refractivity contribution >= 4 is 13.9 Å². The molecule has 3 rings (SSSR count). The van der Waals surface area contributed by atoms with Crippen LogP contribution in [0.5, 0.6) is 5.75 Å². The van der Waals surface area contributed by atoms with E-state index in [1.165, 1.54) is 41.3 Å². The van der Waals surface area contributed by atoms with E-state index in [9.17, 15) is 0 Å². The summed E-state index contributed by atoms with van der Waals surface area (Å²) in [5.41, 5.74) is 4.75. The van der Waals surface area contributed by atoms with Gasteiger partial charge in [0.25, 0.3) is 0 Å². The van der Waals surface area contributed by atoms with Crippen molar-refractivity contribution < 1.29 is 4.74 Å². The highest BCUT2D eigenvalue weighted by atomic mass is 31.1. The highest BCUT2D eigenvalue weighted by Crippen LogP contribution is 2.46. The summed E-state index contributed by atoms with van der Waals surface area (Å²) in [5.74, 6) is 1.77. The van der Waals surface area contributed by atoms with Gasteiger partial charge in [-0.2, -0.15) is 0 Å². The van der Waals surface area contributed by atoms with Gasteiger partial charge in [0.1, 0.15) is 5.75 Å². The number of rotatable bonds is 6. The van der Waals surface area contributed by atoms with Gasteiger partial charge in [-0.1, -0.05) is 45.3 Å². The summed E-state index contributed by atoms with van der Waals surface area (Å²) in [7, 11) is 7.11. The van der Waals surface area contributed by atoms with Crippen LogP contribution in [0, 0.1) is 19.8 Å². The molecule has 1 fully saturated rings. The zero-order valence-corrected chi connectivity index (χ0v) is 17.8. The van der Waals surface area contributed by atoms with Crippen LogP contribution in [0.4, 0.5) is 0 Å². The van der Waals surface area contributed by atoms with Crippen LogP contribution in [0.2, 0.25) is 0 Å². The molecule has 0 amide bonds. The molecule has 2 aromatic carbocycles. The molecule has 0 spiro atoms. The largest absolute Gasteiger partial charge is 0.496 e. The molecule has 26 heavy (non-hydrogen) atoms. The Kier molecular flexibility index (Phi) is 6.37. The van der Waals surface area contributed by atoms with Gasteiger partial charge in [-0.25, -0.2) is 0 Å². The van der Waals surface area contributed by atoms with E-state index in [2.05, 4.69) is 75.3 Å². The molecule has 140 valence electrons. The lowest BCUT2D eigenvalue weighted by Gasteiger charge is -2.34. The number of hydrogen-bond acceptors (Lipinski definition) is 2. The molecule has 4 atom stereocenters. The van der Waals surface area contributed by atoms with E-state index in [1.54, 1.807) is 7.11 Å². The van der Waals surface area contributed by atoms with Crippen LogP contribution >= 0.6 is 8.58 Å². The molecule has 0 aliphatic heterocycles. The third kappa shape index (κ3) is 4.13. The number of nitrogens with zero attached hydrogens (tertiary/aromatic N) is 1. The van der Waals surface area contributed by atoms with E-state index >= 15 is 0 Å². The fourth-order valence-electron chi connectivity index (χ4n) is 4.69. The molecule has 0 N–H and O–H groups in total. The van der Waals surface area contributed by atoms with Crippen molar-refractivity contribution in [2.75, 3.05) is 21.2 Å². The van der Waals surface area contributed by atoms with E-state index in [0.717, 1.165) is 25.9 Å². The molecule has 0 heterocycles. The maximum Gasteiger partial charge on any atom is 0.124 e. The minimum atomic E-state index is 0.511. The molecule has 0 aromatic heterocycles. The number of hydrogen-bond donors (Lipinski definition) is 0. The molecule has 1 aliphatic rings. The first-order chi connectivity index (χ1) is 12.5. The maximum absolute atomic E-state index is 5.55. The third-order valence-electron chi connectivity index (χ3n) is 5.69. The molecule has 1 aliphatic carbocycles. The predicted octanol–water partition coefficient (Wildman–Crippen LogP) is 5.09. The summed E-state index contributed by atoms with van der Waals surface area (Å²) in [6.07, 6.45) is 4.04. The van der Waals surface area contributed by atoms with E-state index in [1.807, 2.05) is 0 Å². The zero-order chi connectivity index (χ0) is 18.7. The normalized spacial score (nSPS) is 21.6. The van der Waals surface area contributed by atoms with Crippen LogP contribution in [0.3, 0.4) is 0 Å². The Hall–Kier alpha value is -1.37. The number of aryl methyl sites for hydroxylation is 2. The summed E-state index contributed by atoms with van der Waals surface area (Å²) >= 11 is 0. The predicted molar refractivity (Wildman–Crippen MR) is 114 cm³/mol. The van der Waals surface area contributed by atoms with Crippen LogP contribution in [0.1, 0.15) is 42.0 Å². The minimum Gasteiger partial charge on any atom is -0.496 e. The van der Waals surface area contributed by atoms with Crippen molar-refractivity contribution in [3.05, 3.63) is 59.2 Å². The van der Waals surface area contributed by atoms with Crippen LogP contribution in [-0.4, -0.2) is 31.8 Å². The number of ether oxygens (including phenoxy) is 1. The van der Waals surface area contributed by atoms with E-state index < -0.39 is 0 Å². The Morgan fingerprint density at radius 1 is 1.04 bits per heavy atom. The van der Waals surface area contributed by atoms with Crippen molar-refractivity contribution in [1.82, 2.24) is 4.90 Å². The Bertz CT molecular complexity index is 705. The molecule has 0 saturated heterocycles. The molecule has 0 bridgehead atoms. The van der Waals surface area contributed by atoms with Crippen molar-refractivity contribution in [2.24, 2.45) is 5.92 Å². The van der Waals surface area contributed by atoms with Gasteiger partial charge in [0.2, 0.25) is 0 Å². The van der Waals surface area contributed by atoms with Crippen molar-refractivity contribution in [3.63, 3.8) is 0 Å². The highest BCUT2D eigenvalue weighted by Gasteiger charge is 2.35. The second-order valence-electron chi connectivity index (χ2n) is 7.81. The van der Waals surface area contributed by atoms with Crippen molar-refractivity contribution in [2.45, 2.75) is 44.8 Å². The van der Waals surface area contributed by atoms with Crippen LogP contribution in [0.15, 0.2) is 42.5 Å². The van der Waals surface area contributed by atoms with Crippen LogP contribution in [0.25, 0.3) is 0 Å². The lowest BCUT2D eigenvalue weighted by atomic mass is 9.90. The van der Waals surface area contributed by atoms with Crippen molar-refractivity contribution in [1.29, 1.82) is 0 Å². The Morgan fingerprint density at radius 3 is 2.27 bits per heavy atom. The molecule has 3 unspecified atom stereocenters. The van der Waals surface area contributed by atoms with Gasteiger partial charge in [-0.3, -0.25) is 0 Å². The lowest BCUT2D eigenvalue weighted by Crippen LogP contribution is -2.31. The molecular weight excluding hydrogens is 337 g/mol. The topological polar surface area (TPSA) is 12.5 Å². The zero-order valence-electron chi connectivity index (χ0n) is 16.8. The average Bonchev–Trinajstić information content (AvgIpc) is 3.03. The molecular formula is C23H32NOP. The maximum atomic E-state index is 5.55. The summed E-state index contributed by atoms with van der Waals surface area (Å²) in [6.45, 7) is 4.33. The quantitative estimate of drug-likeness (QED) is 0.658. The average molecular weight is 369 g/mol. The summed E-state index contributed by atoms with van der Waals surface area (Å²) < 4.78 is 5.55. The van der Waals surface area contributed by atoms with Gasteiger partial charge < -0.3 is 9.64 Å². The van der Waals surface area contributed by atoms with Gasteiger partial charge in [0, 0.05) is 6.04 Å². The van der Waals surface area contributed by atoms with Gasteiger partial charge >= 0.3 is 0 Å². The molecule has 2 nitrogen and oxygen atoms in total. The second-order valence-corrected chi connectivity index (χ2v) is 9.42. The summed E-state index contributed by atoms with van der Waals surface area (Å²) in [6, 6.07) is 16.3. The van der Waals surface area contributed by atoms with E-state index in [0.29, 0.717) is 6.04 Å². The third-order valence-corrected chi connectivity index (χ3v) is 7.40. The fraction of sp³-hybridized carbons (Fsp3) is 0.478. The Labute approximate surface area is 160 Å². The number of benzene rings is 2. The van der Waals surface area contributed by atoms with E-state index in [-0.39, 0.29) is 0 Å². The molecule has 0 radical (unpaired) electrons. The number of methoxy groups -OCH3 is 1. The lowest BCUT2D eigenvalue weighted by molar-refractivity contribution is 0.217. The smallest absolute Gasteiger partial charge is 0.124 e. The molecule has 3 heteroatoms. The Balaban J connectivity index is 1.84.